The van der Waals surface area contributed by atoms with Gasteiger partial charge < -0.3 is 11.5 Å². The monoisotopic (exact) mass is 465 g/mol. The fourth-order valence-corrected chi connectivity index (χ4v) is 2.14. The molecule has 1 aliphatic carbocycles. The van der Waals surface area contributed by atoms with Gasteiger partial charge in [0.05, 0.1) is 8.90 Å². The van der Waals surface area contributed by atoms with Gasteiger partial charge in [0.15, 0.2) is 0 Å². The molecule has 0 heterocycles. The quantitative estimate of drug-likeness (QED) is 0.421. The Morgan fingerprint density at radius 2 is 1.18 bits per heavy atom. The van der Waals surface area contributed by atoms with Gasteiger partial charge in [-0.25, -0.2) is 0 Å². The maximum Gasteiger partial charge on any atom is 0.0999 e. The van der Waals surface area contributed by atoms with Crippen molar-refractivity contribution in [3.63, 3.8) is 0 Å². The molecule has 11 heavy (non-hydrogen) atoms. The van der Waals surface area contributed by atoms with Gasteiger partial charge in [-0.05, 0) is 12.8 Å². The van der Waals surface area contributed by atoms with Crippen molar-refractivity contribution in [2.45, 2.75) is 34.6 Å². The molecule has 2 nitrogen and oxygen atoms in total. The van der Waals surface area contributed by atoms with E-state index in [2.05, 4.69) is 31.9 Å². The molecule has 0 unspecified atom stereocenters. The molecule has 0 radical (unpaired) electrons. The van der Waals surface area contributed by atoms with Crippen LogP contribution in [0, 0.1) is 0 Å². The van der Waals surface area contributed by atoms with Gasteiger partial charge in [0.2, 0.25) is 0 Å². The summed E-state index contributed by atoms with van der Waals surface area (Å²) < 4.78 is -0.837. The molecule has 5 heteroatoms. The third kappa shape index (κ3) is 2.77. The van der Waals surface area contributed by atoms with Crippen LogP contribution in [0.15, 0.2) is 0 Å². The largest absolute Gasteiger partial charge is 0.314 e. The van der Waals surface area contributed by atoms with Crippen molar-refractivity contribution in [1.82, 2.24) is 0 Å². The van der Waals surface area contributed by atoms with Gasteiger partial charge in [-0.3, -0.25) is 0 Å². The van der Waals surface area contributed by atoms with Crippen LogP contribution in [0.25, 0.3) is 0 Å². The van der Waals surface area contributed by atoms with Crippen molar-refractivity contribution >= 4 is 31.9 Å². The van der Waals surface area contributed by atoms with Crippen LogP contribution in [0.3, 0.4) is 0 Å². The van der Waals surface area contributed by atoms with Crippen LogP contribution >= 0.6 is 31.9 Å². The zero-order valence-corrected chi connectivity index (χ0v) is 11.5. The fraction of sp³-hybridized carbons (Fsp3) is 1.00. The third-order valence-electron chi connectivity index (χ3n) is 2.02. The van der Waals surface area contributed by atoms with E-state index in [9.17, 15) is 0 Å². The minimum atomic E-state index is -0.418. The SMILES string of the molecule is N[C@]1(Br)CCCC[C@@]1(N)Br.[Pt]. The summed E-state index contributed by atoms with van der Waals surface area (Å²) in [5.74, 6) is 0. The number of halogens is 2. The summed E-state index contributed by atoms with van der Waals surface area (Å²) in [6, 6.07) is 0. The van der Waals surface area contributed by atoms with E-state index in [1.165, 1.54) is 0 Å². The average Bonchev–Trinajstić information content (AvgIpc) is 1.77. The number of rotatable bonds is 0. The summed E-state index contributed by atoms with van der Waals surface area (Å²) in [5, 5.41) is 0. The van der Waals surface area contributed by atoms with E-state index >= 15 is 0 Å². The van der Waals surface area contributed by atoms with Gasteiger partial charge in [-0.2, -0.15) is 0 Å². The van der Waals surface area contributed by atoms with Crippen molar-refractivity contribution in [1.29, 1.82) is 0 Å². The van der Waals surface area contributed by atoms with E-state index in [0.717, 1.165) is 25.7 Å². The number of hydrogen-bond acceptors (Lipinski definition) is 2. The molecule has 1 saturated carbocycles. The summed E-state index contributed by atoms with van der Waals surface area (Å²) in [6.45, 7) is 0. The predicted octanol–water partition coefficient (Wildman–Crippen LogP) is 1.66. The first-order valence-corrected chi connectivity index (χ1v) is 5.00. The van der Waals surface area contributed by atoms with E-state index in [1.54, 1.807) is 0 Å². The van der Waals surface area contributed by atoms with Crippen molar-refractivity contribution < 1.29 is 21.1 Å². The van der Waals surface area contributed by atoms with E-state index < -0.39 is 8.90 Å². The first-order chi connectivity index (χ1) is 4.46. The molecular weight excluding hydrogens is 455 g/mol. The van der Waals surface area contributed by atoms with Gasteiger partial charge in [-0.1, -0.05) is 44.7 Å². The fourth-order valence-electron chi connectivity index (χ4n) is 1.18. The molecule has 0 spiro atoms. The number of nitrogens with two attached hydrogens (primary N) is 2. The van der Waals surface area contributed by atoms with E-state index in [0.29, 0.717) is 0 Å². The molecule has 4 N–H and O–H groups in total. The first kappa shape index (κ1) is 12.6. The first-order valence-electron chi connectivity index (χ1n) is 3.41. The van der Waals surface area contributed by atoms with Crippen molar-refractivity contribution in [3.8, 4) is 0 Å². The summed E-state index contributed by atoms with van der Waals surface area (Å²) in [7, 11) is 0. The van der Waals surface area contributed by atoms with Crippen LogP contribution in [-0.2, 0) is 21.1 Å². The van der Waals surface area contributed by atoms with E-state index in [4.69, 9.17) is 11.5 Å². The van der Waals surface area contributed by atoms with Gasteiger partial charge >= 0.3 is 0 Å². The molecule has 0 aromatic rings. The van der Waals surface area contributed by atoms with Crippen LogP contribution in [0.1, 0.15) is 25.7 Å². The molecule has 1 aliphatic rings. The van der Waals surface area contributed by atoms with Gasteiger partial charge in [0.25, 0.3) is 0 Å². The molecule has 0 saturated heterocycles. The normalized spacial score (nSPS) is 44.7. The Balaban J connectivity index is 0.000001000. The van der Waals surface area contributed by atoms with Crippen LogP contribution in [0.4, 0.5) is 0 Å². The van der Waals surface area contributed by atoms with Crippen LogP contribution in [0.2, 0.25) is 0 Å². The Kier molecular flexibility index (Phi) is 4.78. The van der Waals surface area contributed by atoms with Gasteiger partial charge in [-0.15, -0.1) is 0 Å². The zero-order valence-electron chi connectivity index (χ0n) is 6.06. The molecule has 0 bridgehead atoms. The molecular formula is C6H12Br2N2Pt. The summed E-state index contributed by atoms with van der Waals surface area (Å²) in [5.41, 5.74) is 11.8. The Morgan fingerprint density at radius 1 is 0.909 bits per heavy atom. The minimum absolute atomic E-state index is 0. The summed E-state index contributed by atoms with van der Waals surface area (Å²) >= 11 is 6.84. The van der Waals surface area contributed by atoms with Crippen LogP contribution in [-0.4, -0.2) is 8.90 Å². The topological polar surface area (TPSA) is 52.0 Å². The maximum absolute atomic E-state index is 5.90. The number of alkyl halides is 2. The Morgan fingerprint density at radius 3 is 1.36 bits per heavy atom. The molecule has 0 aromatic heterocycles. The summed E-state index contributed by atoms with van der Waals surface area (Å²) in [6.07, 6.45) is 4.20. The maximum atomic E-state index is 5.90. The van der Waals surface area contributed by atoms with Crippen molar-refractivity contribution in [2.24, 2.45) is 11.5 Å². The summed E-state index contributed by atoms with van der Waals surface area (Å²) in [4.78, 5) is 0. The van der Waals surface area contributed by atoms with Crippen LogP contribution in [0.5, 0.6) is 0 Å². The third-order valence-corrected chi connectivity index (χ3v) is 4.76. The van der Waals surface area contributed by atoms with E-state index in [1.807, 2.05) is 0 Å². The van der Waals surface area contributed by atoms with Gasteiger partial charge in [0, 0.05) is 21.1 Å². The molecule has 2 atom stereocenters. The van der Waals surface area contributed by atoms with Crippen LogP contribution < -0.4 is 11.5 Å². The molecule has 0 amide bonds. The molecule has 70 valence electrons. The molecule has 1 fully saturated rings. The Bertz CT molecular complexity index is 123. The zero-order chi connectivity index (χ0) is 7.83. The van der Waals surface area contributed by atoms with E-state index in [-0.39, 0.29) is 21.1 Å². The average molecular weight is 467 g/mol. The Hall–Kier alpha value is 1.57. The second kappa shape index (κ2) is 4.19. The second-order valence-electron chi connectivity index (χ2n) is 2.93. The predicted molar refractivity (Wildman–Crippen MR) is 50.2 cm³/mol. The smallest absolute Gasteiger partial charge is 0.0999 e. The standard InChI is InChI=1S/C6H12Br2N2.Pt/c7-5(9)3-1-2-4-6(5,8)10;/h1-4,9-10H2;/t5-,6+;. The molecule has 0 aromatic carbocycles. The van der Waals surface area contributed by atoms with Crippen molar-refractivity contribution in [3.05, 3.63) is 0 Å². The number of hydrogen-bond donors (Lipinski definition) is 2. The second-order valence-corrected chi connectivity index (χ2v) is 5.76. The Labute approximate surface area is 98.4 Å². The minimum Gasteiger partial charge on any atom is -0.314 e. The molecule has 1 rings (SSSR count). The van der Waals surface area contributed by atoms with Crippen molar-refractivity contribution in [2.75, 3.05) is 0 Å². The van der Waals surface area contributed by atoms with Gasteiger partial charge in [0.1, 0.15) is 0 Å². The molecule has 0 aliphatic heterocycles.